The molecule has 0 aromatic heterocycles. The topological polar surface area (TPSA) is 44.3 Å². The maximum absolute atomic E-state index is 9.38. The Labute approximate surface area is 54.4 Å². The van der Waals surface area contributed by atoms with Gasteiger partial charge in [0.25, 0.3) is 0 Å². The number of aliphatic hydroxyl groups is 1. The third-order valence-electron chi connectivity index (χ3n) is 2.31. The third kappa shape index (κ3) is 0.764. The van der Waals surface area contributed by atoms with E-state index in [1.54, 1.807) is 0 Å². The molecule has 3 heteroatoms. The van der Waals surface area contributed by atoms with Crippen molar-refractivity contribution in [3.8, 4) is 0 Å². The van der Waals surface area contributed by atoms with E-state index in [0.717, 1.165) is 12.8 Å². The molecule has 3 N–H and O–H groups in total. The Morgan fingerprint density at radius 2 is 1.67 bits per heavy atom. The van der Waals surface area contributed by atoms with Crippen LogP contribution < -0.4 is 10.9 Å². The van der Waals surface area contributed by atoms with E-state index >= 15 is 0 Å². The highest BCUT2D eigenvalue weighted by atomic mass is 16.3. The first-order valence-electron chi connectivity index (χ1n) is 3.57. The molecule has 2 bridgehead atoms. The summed E-state index contributed by atoms with van der Waals surface area (Å²) in [7, 11) is 0. The van der Waals surface area contributed by atoms with Crippen LogP contribution in [0, 0.1) is 0 Å². The first-order chi connectivity index (χ1) is 4.38. The van der Waals surface area contributed by atoms with E-state index in [2.05, 4.69) is 10.9 Å². The zero-order chi connectivity index (χ0) is 6.27. The molecule has 1 saturated heterocycles. The van der Waals surface area contributed by atoms with Crippen LogP contribution in [0.1, 0.15) is 19.3 Å². The normalized spacial score (nSPS) is 49.7. The van der Waals surface area contributed by atoms with Gasteiger partial charge in [-0.05, 0) is 12.8 Å². The molecule has 1 heterocycles. The summed E-state index contributed by atoms with van der Waals surface area (Å²) in [5, 5.41) is 9.38. The highest BCUT2D eigenvalue weighted by Crippen LogP contribution is 2.22. The van der Waals surface area contributed by atoms with Crippen molar-refractivity contribution in [2.75, 3.05) is 0 Å². The molecule has 0 amide bonds. The summed E-state index contributed by atoms with van der Waals surface area (Å²) in [6, 6.07) is 0.646. The SMILES string of the molecule is OC1[C@@H]2CCC[C@H]1NN2. The van der Waals surface area contributed by atoms with Crippen molar-refractivity contribution in [2.24, 2.45) is 0 Å². The van der Waals surface area contributed by atoms with Gasteiger partial charge in [-0.15, -0.1) is 0 Å². The van der Waals surface area contributed by atoms with E-state index in [1.165, 1.54) is 6.42 Å². The maximum atomic E-state index is 9.38. The number of hydrazine groups is 1. The molecule has 0 aromatic rings. The summed E-state index contributed by atoms with van der Waals surface area (Å²) in [6.07, 6.45) is 3.33. The van der Waals surface area contributed by atoms with Gasteiger partial charge in [-0.25, -0.2) is 0 Å². The van der Waals surface area contributed by atoms with E-state index < -0.39 is 0 Å². The van der Waals surface area contributed by atoms with E-state index in [4.69, 9.17) is 0 Å². The molecule has 1 saturated carbocycles. The van der Waals surface area contributed by atoms with Crippen LogP contribution >= 0.6 is 0 Å². The van der Waals surface area contributed by atoms with Crippen LogP contribution in [0.25, 0.3) is 0 Å². The van der Waals surface area contributed by atoms with Crippen LogP contribution in [0.3, 0.4) is 0 Å². The van der Waals surface area contributed by atoms with Crippen molar-refractivity contribution in [1.29, 1.82) is 0 Å². The minimum Gasteiger partial charge on any atom is -0.390 e. The van der Waals surface area contributed by atoms with Gasteiger partial charge in [-0.2, -0.15) is 0 Å². The van der Waals surface area contributed by atoms with Crippen molar-refractivity contribution in [3.63, 3.8) is 0 Å². The number of hydrogen-bond donors (Lipinski definition) is 3. The van der Waals surface area contributed by atoms with Crippen molar-refractivity contribution < 1.29 is 5.11 Å². The van der Waals surface area contributed by atoms with Crippen molar-refractivity contribution in [1.82, 2.24) is 10.9 Å². The summed E-state index contributed by atoms with van der Waals surface area (Å²) < 4.78 is 0. The van der Waals surface area contributed by atoms with Crippen LogP contribution in [0.2, 0.25) is 0 Å². The van der Waals surface area contributed by atoms with Crippen LogP contribution in [0.15, 0.2) is 0 Å². The number of nitrogens with one attached hydrogen (secondary N) is 2. The average Bonchev–Trinajstić information content (AvgIpc) is 2.19. The van der Waals surface area contributed by atoms with Crippen molar-refractivity contribution >= 4 is 0 Å². The molecular weight excluding hydrogens is 116 g/mol. The van der Waals surface area contributed by atoms with Gasteiger partial charge in [0.1, 0.15) is 0 Å². The summed E-state index contributed by atoms with van der Waals surface area (Å²) in [4.78, 5) is 0. The zero-order valence-electron chi connectivity index (χ0n) is 5.30. The van der Waals surface area contributed by atoms with Crippen LogP contribution in [-0.2, 0) is 0 Å². The number of hydrogen-bond acceptors (Lipinski definition) is 3. The monoisotopic (exact) mass is 128 g/mol. The van der Waals surface area contributed by atoms with Gasteiger partial charge < -0.3 is 5.11 Å². The van der Waals surface area contributed by atoms with Crippen LogP contribution in [0.5, 0.6) is 0 Å². The molecule has 3 atom stereocenters. The quantitative estimate of drug-likeness (QED) is 0.407. The third-order valence-corrected chi connectivity index (χ3v) is 2.31. The van der Waals surface area contributed by atoms with Gasteiger partial charge in [-0.3, -0.25) is 10.9 Å². The summed E-state index contributed by atoms with van der Waals surface area (Å²) in [6.45, 7) is 0. The fourth-order valence-corrected chi connectivity index (χ4v) is 1.71. The molecule has 2 rings (SSSR count). The Hall–Kier alpha value is -0.120. The van der Waals surface area contributed by atoms with E-state index in [1.807, 2.05) is 0 Å². The molecule has 0 radical (unpaired) electrons. The number of rotatable bonds is 0. The summed E-state index contributed by atoms with van der Waals surface area (Å²) >= 11 is 0. The lowest BCUT2D eigenvalue weighted by atomic mass is 9.91. The molecular formula is C6H12N2O. The molecule has 1 aliphatic heterocycles. The molecule has 0 spiro atoms. The molecule has 1 aliphatic carbocycles. The Bertz CT molecular complexity index is 102. The lowest BCUT2D eigenvalue weighted by Crippen LogP contribution is -2.36. The Morgan fingerprint density at radius 1 is 1.11 bits per heavy atom. The zero-order valence-corrected chi connectivity index (χ0v) is 5.30. The molecule has 2 fully saturated rings. The van der Waals surface area contributed by atoms with Crippen molar-refractivity contribution in [2.45, 2.75) is 37.5 Å². The fourth-order valence-electron chi connectivity index (χ4n) is 1.71. The molecule has 52 valence electrons. The maximum Gasteiger partial charge on any atom is 0.0872 e. The largest absolute Gasteiger partial charge is 0.390 e. The first kappa shape index (κ1) is 5.65. The van der Waals surface area contributed by atoms with Crippen LogP contribution in [0.4, 0.5) is 0 Å². The second-order valence-corrected chi connectivity index (χ2v) is 2.92. The number of fused-ring (bicyclic) bond motifs is 2. The number of aliphatic hydroxyl groups excluding tert-OH is 1. The predicted molar refractivity (Wildman–Crippen MR) is 33.7 cm³/mol. The van der Waals surface area contributed by atoms with Gasteiger partial charge in [0, 0.05) is 12.1 Å². The molecule has 3 nitrogen and oxygen atoms in total. The molecule has 1 unspecified atom stereocenters. The average molecular weight is 128 g/mol. The van der Waals surface area contributed by atoms with E-state index in [0.29, 0.717) is 12.1 Å². The fraction of sp³-hybridized carbons (Fsp3) is 1.00. The standard InChI is InChI=1S/C6H12N2O/c9-6-4-2-1-3-5(6)8-7-4/h4-9H,1-3H2/t4-,5+,6?. The Balaban J connectivity index is 2.10. The van der Waals surface area contributed by atoms with Gasteiger partial charge in [0.05, 0.1) is 6.10 Å². The Kier molecular flexibility index (Phi) is 1.22. The Morgan fingerprint density at radius 3 is 2.11 bits per heavy atom. The predicted octanol–water partition coefficient (Wildman–Crippen LogP) is -0.624. The lowest BCUT2D eigenvalue weighted by Gasteiger charge is -2.22. The molecule has 2 aliphatic rings. The van der Waals surface area contributed by atoms with Crippen molar-refractivity contribution in [3.05, 3.63) is 0 Å². The second kappa shape index (κ2) is 1.94. The van der Waals surface area contributed by atoms with Gasteiger partial charge in [0.2, 0.25) is 0 Å². The van der Waals surface area contributed by atoms with Gasteiger partial charge in [-0.1, -0.05) is 6.42 Å². The lowest BCUT2D eigenvalue weighted by molar-refractivity contribution is 0.113. The smallest absolute Gasteiger partial charge is 0.0872 e. The molecule has 9 heavy (non-hydrogen) atoms. The first-order valence-corrected chi connectivity index (χ1v) is 3.57. The van der Waals surface area contributed by atoms with E-state index in [-0.39, 0.29) is 6.10 Å². The van der Waals surface area contributed by atoms with E-state index in [9.17, 15) is 5.11 Å². The van der Waals surface area contributed by atoms with Gasteiger partial charge in [0.15, 0.2) is 0 Å². The second-order valence-electron chi connectivity index (χ2n) is 2.92. The molecule has 0 aromatic carbocycles. The van der Waals surface area contributed by atoms with Gasteiger partial charge >= 0.3 is 0 Å². The van der Waals surface area contributed by atoms with Crippen LogP contribution in [-0.4, -0.2) is 23.3 Å². The summed E-state index contributed by atoms with van der Waals surface area (Å²) in [5.74, 6) is 0. The minimum absolute atomic E-state index is 0.140. The highest BCUT2D eigenvalue weighted by molar-refractivity contribution is 4.94. The summed E-state index contributed by atoms with van der Waals surface area (Å²) in [5.41, 5.74) is 6.14. The minimum atomic E-state index is -0.140. The highest BCUT2D eigenvalue weighted by Gasteiger charge is 2.36.